The van der Waals surface area contributed by atoms with Gasteiger partial charge in [-0.3, -0.25) is 14.1 Å². The van der Waals surface area contributed by atoms with Crippen LogP contribution in [0.2, 0.25) is 5.02 Å². The smallest absolute Gasteiger partial charge is 0.257 e. The molecule has 1 fully saturated rings. The third kappa shape index (κ3) is 4.27. The highest BCUT2D eigenvalue weighted by Gasteiger charge is 2.29. The van der Waals surface area contributed by atoms with Crippen LogP contribution in [0.4, 0.5) is 11.4 Å². The Labute approximate surface area is 196 Å². The van der Waals surface area contributed by atoms with E-state index in [0.717, 1.165) is 22.3 Å². The first-order valence-corrected chi connectivity index (χ1v) is 12.3. The van der Waals surface area contributed by atoms with E-state index in [2.05, 4.69) is 15.3 Å². The lowest BCUT2D eigenvalue weighted by Crippen LogP contribution is -2.25. The van der Waals surface area contributed by atoms with Crippen molar-refractivity contribution in [3.8, 4) is 11.3 Å². The van der Waals surface area contributed by atoms with Gasteiger partial charge in [-0.1, -0.05) is 23.7 Å². The Balaban J connectivity index is 1.38. The van der Waals surface area contributed by atoms with E-state index in [4.69, 9.17) is 11.6 Å². The normalized spacial score (nSPS) is 15.0. The molecular formula is C24H19ClN4O3S. The molecule has 0 radical (unpaired) electrons. The second-order valence-electron chi connectivity index (χ2n) is 7.68. The molecule has 0 bridgehead atoms. The van der Waals surface area contributed by atoms with Crippen molar-refractivity contribution < 1.29 is 13.2 Å². The molecule has 1 saturated heterocycles. The third-order valence-electron chi connectivity index (χ3n) is 5.46. The molecule has 1 aliphatic rings. The van der Waals surface area contributed by atoms with Crippen molar-refractivity contribution in [1.82, 2.24) is 9.97 Å². The van der Waals surface area contributed by atoms with E-state index >= 15 is 0 Å². The van der Waals surface area contributed by atoms with Gasteiger partial charge in [-0.2, -0.15) is 0 Å². The number of carbonyl (C=O) groups is 1. The van der Waals surface area contributed by atoms with Crippen molar-refractivity contribution >= 4 is 49.9 Å². The van der Waals surface area contributed by atoms with Gasteiger partial charge in [-0.05, 0) is 61.0 Å². The SMILES string of the molecule is O=C(Nc1cccc(-c2ccc3ncccc3n2)c1)c1ccc(N2CCCS2(=O)=O)cc1Cl. The van der Waals surface area contributed by atoms with Crippen molar-refractivity contribution in [1.29, 1.82) is 0 Å². The Hall–Kier alpha value is -3.49. The number of nitrogens with zero attached hydrogens (tertiary/aromatic N) is 3. The largest absolute Gasteiger partial charge is 0.322 e. The van der Waals surface area contributed by atoms with Gasteiger partial charge in [0.1, 0.15) is 0 Å². The Morgan fingerprint density at radius 2 is 1.88 bits per heavy atom. The summed E-state index contributed by atoms with van der Waals surface area (Å²) >= 11 is 6.35. The Kier molecular flexibility index (Phi) is 5.47. The zero-order chi connectivity index (χ0) is 23.0. The van der Waals surface area contributed by atoms with Gasteiger partial charge in [0.25, 0.3) is 5.91 Å². The van der Waals surface area contributed by atoms with Gasteiger partial charge in [0.05, 0.1) is 38.8 Å². The number of fused-ring (bicyclic) bond motifs is 1. The molecule has 7 nitrogen and oxygen atoms in total. The fraction of sp³-hybridized carbons (Fsp3) is 0.125. The Morgan fingerprint density at radius 3 is 2.67 bits per heavy atom. The minimum absolute atomic E-state index is 0.117. The van der Waals surface area contributed by atoms with Crippen LogP contribution in [0.5, 0.6) is 0 Å². The first-order valence-electron chi connectivity index (χ1n) is 10.3. The summed E-state index contributed by atoms with van der Waals surface area (Å²) in [5.74, 6) is -0.269. The summed E-state index contributed by atoms with van der Waals surface area (Å²) in [5.41, 5.74) is 4.53. The van der Waals surface area contributed by atoms with Crippen LogP contribution in [-0.4, -0.2) is 36.6 Å². The molecule has 2 aromatic carbocycles. The second kappa shape index (κ2) is 8.46. The number of amides is 1. The van der Waals surface area contributed by atoms with E-state index in [9.17, 15) is 13.2 Å². The number of pyridine rings is 2. The highest BCUT2D eigenvalue weighted by Crippen LogP contribution is 2.29. The van der Waals surface area contributed by atoms with Gasteiger partial charge in [0, 0.05) is 24.0 Å². The topological polar surface area (TPSA) is 92.3 Å². The molecule has 5 rings (SSSR count). The first-order chi connectivity index (χ1) is 15.9. The molecule has 1 amide bonds. The molecule has 166 valence electrons. The minimum atomic E-state index is -3.32. The lowest BCUT2D eigenvalue weighted by Gasteiger charge is -2.18. The van der Waals surface area contributed by atoms with Crippen LogP contribution in [0, 0.1) is 0 Å². The molecule has 4 aromatic rings. The summed E-state index contributed by atoms with van der Waals surface area (Å²) in [6.45, 7) is 0.413. The lowest BCUT2D eigenvalue weighted by molar-refractivity contribution is 0.102. The average Bonchev–Trinajstić information content (AvgIpc) is 3.17. The number of sulfonamides is 1. The van der Waals surface area contributed by atoms with Crippen molar-refractivity contribution in [2.45, 2.75) is 6.42 Å². The Bertz CT molecular complexity index is 1490. The quantitative estimate of drug-likeness (QED) is 0.457. The van der Waals surface area contributed by atoms with Gasteiger partial charge < -0.3 is 5.32 Å². The van der Waals surface area contributed by atoms with Crippen molar-refractivity contribution in [2.24, 2.45) is 0 Å². The highest BCUT2D eigenvalue weighted by atomic mass is 35.5. The molecule has 0 unspecified atom stereocenters. The fourth-order valence-electron chi connectivity index (χ4n) is 3.85. The molecule has 33 heavy (non-hydrogen) atoms. The maximum atomic E-state index is 12.9. The number of halogens is 1. The Morgan fingerprint density at radius 1 is 1.00 bits per heavy atom. The van der Waals surface area contributed by atoms with E-state index < -0.39 is 10.0 Å². The van der Waals surface area contributed by atoms with Crippen LogP contribution in [-0.2, 0) is 10.0 Å². The van der Waals surface area contributed by atoms with Gasteiger partial charge in [0.15, 0.2) is 0 Å². The van der Waals surface area contributed by atoms with Crippen molar-refractivity contribution in [3.05, 3.63) is 83.5 Å². The lowest BCUT2D eigenvalue weighted by atomic mass is 10.1. The third-order valence-corrected chi connectivity index (χ3v) is 7.64. The maximum Gasteiger partial charge on any atom is 0.257 e. The van der Waals surface area contributed by atoms with Crippen LogP contribution in [0.15, 0.2) is 72.9 Å². The van der Waals surface area contributed by atoms with E-state index in [-0.39, 0.29) is 22.2 Å². The summed E-state index contributed by atoms with van der Waals surface area (Å²) in [4.78, 5) is 21.8. The summed E-state index contributed by atoms with van der Waals surface area (Å²) in [6.07, 6.45) is 2.29. The van der Waals surface area contributed by atoms with Gasteiger partial charge in [0.2, 0.25) is 10.0 Å². The van der Waals surface area contributed by atoms with Gasteiger partial charge in [-0.15, -0.1) is 0 Å². The summed E-state index contributed by atoms with van der Waals surface area (Å²) < 4.78 is 25.6. The van der Waals surface area contributed by atoms with E-state index in [1.165, 1.54) is 10.4 Å². The van der Waals surface area contributed by atoms with Crippen LogP contribution in [0.1, 0.15) is 16.8 Å². The molecular weight excluding hydrogens is 460 g/mol. The number of hydrogen-bond donors (Lipinski definition) is 1. The van der Waals surface area contributed by atoms with Crippen LogP contribution < -0.4 is 9.62 Å². The van der Waals surface area contributed by atoms with Crippen LogP contribution in [0.3, 0.4) is 0 Å². The molecule has 3 heterocycles. The predicted octanol–water partition coefficient (Wildman–Crippen LogP) is 4.74. The van der Waals surface area contributed by atoms with Crippen LogP contribution >= 0.6 is 11.6 Å². The summed E-state index contributed by atoms with van der Waals surface area (Å²) in [7, 11) is -3.32. The maximum absolute atomic E-state index is 12.9. The number of aromatic nitrogens is 2. The van der Waals surface area contributed by atoms with Crippen LogP contribution in [0.25, 0.3) is 22.3 Å². The molecule has 0 saturated carbocycles. The van der Waals surface area contributed by atoms with Crippen molar-refractivity contribution in [2.75, 3.05) is 21.9 Å². The zero-order valence-corrected chi connectivity index (χ0v) is 19.0. The zero-order valence-electron chi connectivity index (χ0n) is 17.4. The standard InChI is InChI=1S/C24H19ClN4O3S/c25-20-15-18(29-12-3-13-33(29,31)32)7-8-19(20)24(30)27-17-5-1-4-16(14-17)21-9-10-22-23(28-21)6-2-11-26-22/h1-2,4-11,14-15H,3,12-13H2,(H,27,30). The number of rotatable bonds is 4. The molecule has 9 heteroatoms. The fourth-order valence-corrected chi connectivity index (χ4v) is 5.66. The molecule has 2 aromatic heterocycles. The summed E-state index contributed by atoms with van der Waals surface area (Å²) in [6, 6.07) is 19.6. The van der Waals surface area contributed by atoms with Gasteiger partial charge in [-0.25, -0.2) is 13.4 Å². The van der Waals surface area contributed by atoms with E-state index in [1.807, 2.05) is 42.5 Å². The highest BCUT2D eigenvalue weighted by molar-refractivity contribution is 7.93. The average molecular weight is 479 g/mol. The minimum Gasteiger partial charge on any atom is -0.322 e. The molecule has 0 aliphatic carbocycles. The van der Waals surface area contributed by atoms with E-state index in [0.29, 0.717) is 24.3 Å². The van der Waals surface area contributed by atoms with E-state index in [1.54, 1.807) is 24.4 Å². The number of hydrogen-bond acceptors (Lipinski definition) is 5. The molecule has 1 N–H and O–H groups in total. The molecule has 0 atom stereocenters. The summed E-state index contributed by atoms with van der Waals surface area (Å²) in [5, 5.41) is 3.04. The monoisotopic (exact) mass is 478 g/mol. The first kappa shape index (κ1) is 21.4. The second-order valence-corrected chi connectivity index (χ2v) is 10.1. The number of carbonyl (C=O) groups excluding carboxylic acids is 1. The number of benzene rings is 2. The molecule has 1 aliphatic heterocycles. The predicted molar refractivity (Wildman–Crippen MR) is 130 cm³/mol. The number of anilines is 2. The van der Waals surface area contributed by atoms with Gasteiger partial charge >= 0.3 is 0 Å². The molecule has 0 spiro atoms. The number of nitrogens with one attached hydrogen (secondary N) is 1. The van der Waals surface area contributed by atoms with Crippen molar-refractivity contribution in [3.63, 3.8) is 0 Å².